The molecule has 0 amide bonds. The van der Waals surface area contributed by atoms with Crippen LogP contribution in [0.3, 0.4) is 0 Å². The summed E-state index contributed by atoms with van der Waals surface area (Å²) < 4.78 is 20.8. The maximum atomic E-state index is 14.4. The molecular formula is C14H11FINO. The van der Waals surface area contributed by atoms with Crippen molar-refractivity contribution in [2.75, 3.05) is 7.11 Å². The van der Waals surface area contributed by atoms with Crippen molar-refractivity contribution in [1.82, 2.24) is 0 Å². The first-order valence-electron chi connectivity index (χ1n) is 5.25. The molecule has 0 atom stereocenters. The first-order chi connectivity index (χ1) is 8.74. The van der Waals surface area contributed by atoms with Crippen LogP contribution in [0.2, 0.25) is 0 Å². The number of halogens is 2. The fourth-order valence-electron chi connectivity index (χ4n) is 1.47. The molecule has 2 aromatic carbocycles. The molecule has 0 saturated heterocycles. The first-order valence-corrected chi connectivity index (χ1v) is 8.22. The Kier molecular flexibility index (Phi) is 4.15. The van der Waals surface area contributed by atoms with E-state index in [9.17, 15) is 2.86 Å². The predicted octanol–water partition coefficient (Wildman–Crippen LogP) is 4.00. The number of rotatable bonds is 3. The zero-order valence-corrected chi connectivity index (χ0v) is 11.9. The average molecular weight is 355 g/mol. The van der Waals surface area contributed by atoms with Gasteiger partial charge >= 0.3 is 113 Å². The van der Waals surface area contributed by atoms with Gasteiger partial charge in [0.2, 0.25) is 0 Å². The van der Waals surface area contributed by atoms with E-state index in [1.165, 1.54) is 0 Å². The van der Waals surface area contributed by atoms with Crippen LogP contribution in [0.5, 0.6) is 5.75 Å². The molecule has 0 aliphatic rings. The predicted molar refractivity (Wildman–Crippen MR) is 76.7 cm³/mol. The van der Waals surface area contributed by atoms with E-state index in [0.717, 1.165) is 0 Å². The summed E-state index contributed by atoms with van der Waals surface area (Å²) in [6, 6.07) is 15.8. The summed E-state index contributed by atoms with van der Waals surface area (Å²) >= 11 is -2.89. The number of hydrogen-bond acceptors (Lipinski definition) is 2. The number of nitriles is 1. The summed E-state index contributed by atoms with van der Waals surface area (Å²) in [6.45, 7) is 0. The number of ether oxygens (including phenoxy) is 1. The Bertz CT molecular complexity index is 577. The van der Waals surface area contributed by atoms with Gasteiger partial charge in [0.15, 0.2) is 0 Å². The molecule has 0 aliphatic heterocycles. The van der Waals surface area contributed by atoms with Crippen LogP contribution in [0.25, 0.3) is 0 Å². The number of hydrogen-bond donors (Lipinski definition) is 0. The Morgan fingerprint density at radius 3 is 2.44 bits per heavy atom. The number of benzene rings is 2. The van der Waals surface area contributed by atoms with Gasteiger partial charge in [0, 0.05) is 0 Å². The van der Waals surface area contributed by atoms with Crippen LogP contribution in [0, 0.1) is 18.5 Å². The molecule has 0 unspecified atom stereocenters. The Labute approximate surface area is 113 Å². The quantitative estimate of drug-likeness (QED) is 0.780. The molecule has 2 nitrogen and oxygen atoms in total. The fraction of sp³-hybridized carbons (Fsp3) is 0.0714. The van der Waals surface area contributed by atoms with Crippen LogP contribution in [-0.4, -0.2) is 7.11 Å². The van der Waals surface area contributed by atoms with Crippen molar-refractivity contribution in [3.8, 4) is 11.8 Å². The van der Waals surface area contributed by atoms with E-state index >= 15 is 0 Å². The molecule has 0 radical (unpaired) electrons. The third-order valence-electron chi connectivity index (χ3n) is 2.39. The monoisotopic (exact) mass is 355 g/mol. The van der Waals surface area contributed by atoms with E-state index < -0.39 is 20.4 Å². The molecule has 0 bridgehead atoms. The second-order valence-corrected chi connectivity index (χ2v) is 7.36. The molecular weight excluding hydrogens is 344 g/mol. The molecule has 0 aromatic heterocycles. The van der Waals surface area contributed by atoms with Gasteiger partial charge in [-0.05, 0) is 0 Å². The van der Waals surface area contributed by atoms with Gasteiger partial charge in [0.25, 0.3) is 0 Å². The van der Waals surface area contributed by atoms with Crippen LogP contribution in [0.15, 0.2) is 48.5 Å². The van der Waals surface area contributed by atoms with Crippen molar-refractivity contribution >= 4 is 20.4 Å². The zero-order valence-electron chi connectivity index (χ0n) is 9.73. The van der Waals surface area contributed by atoms with Crippen LogP contribution in [0.4, 0.5) is 2.86 Å². The summed E-state index contributed by atoms with van der Waals surface area (Å²) in [4.78, 5) is 0. The van der Waals surface area contributed by atoms with Crippen molar-refractivity contribution in [2.45, 2.75) is 0 Å². The van der Waals surface area contributed by atoms with E-state index in [0.29, 0.717) is 18.5 Å². The van der Waals surface area contributed by atoms with Crippen molar-refractivity contribution in [3.63, 3.8) is 0 Å². The zero-order chi connectivity index (χ0) is 13.0. The molecule has 0 heterocycles. The maximum absolute atomic E-state index is 14.4. The summed E-state index contributed by atoms with van der Waals surface area (Å²) in [5.74, 6) is 0.716. The number of nitrogens with zero attached hydrogens (tertiary/aromatic N) is 1. The molecule has 2 aromatic rings. The summed E-state index contributed by atoms with van der Waals surface area (Å²) in [6.07, 6.45) is 0. The van der Waals surface area contributed by atoms with Crippen LogP contribution in [0.1, 0.15) is 5.56 Å². The van der Waals surface area contributed by atoms with Gasteiger partial charge in [0.1, 0.15) is 0 Å². The summed E-state index contributed by atoms with van der Waals surface area (Å²) in [7, 11) is 1.58. The second kappa shape index (κ2) is 5.83. The molecule has 0 fully saturated rings. The average Bonchev–Trinajstić information content (AvgIpc) is 2.46. The van der Waals surface area contributed by atoms with E-state index in [-0.39, 0.29) is 0 Å². The Balaban J connectivity index is 2.29. The van der Waals surface area contributed by atoms with E-state index in [1.54, 1.807) is 55.6 Å². The topological polar surface area (TPSA) is 33.0 Å². The fourth-order valence-corrected chi connectivity index (χ4v) is 4.31. The Morgan fingerprint density at radius 2 is 1.83 bits per heavy atom. The van der Waals surface area contributed by atoms with E-state index in [4.69, 9.17) is 10.00 Å². The molecule has 0 saturated carbocycles. The van der Waals surface area contributed by atoms with E-state index in [1.807, 2.05) is 6.07 Å². The minimum absolute atomic E-state index is 0.501. The molecule has 0 N–H and O–H groups in total. The van der Waals surface area contributed by atoms with Crippen molar-refractivity contribution < 1.29 is 7.60 Å². The third-order valence-corrected chi connectivity index (χ3v) is 5.96. The van der Waals surface area contributed by atoms with Gasteiger partial charge in [-0.1, -0.05) is 0 Å². The Hall–Kier alpha value is -1.61. The van der Waals surface area contributed by atoms with E-state index in [2.05, 4.69) is 0 Å². The number of methoxy groups -OCH3 is 1. The molecule has 4 heteroatoms. The van der Waals surface area contributed by atoms with Crippen molar-refractivity contribution in [1.29, 1.82) is 5.26 Å². The Morgan fingerprint density at radius 1 is 1.11 bits per heavy atom. The van der Waals surface area contributed by atoms with Crippen molar-refractivity contribution in [3.05, 3.63) is 61.2 Å². The van der Waals surface area contributed by atoms with Crippen LogP contribution in [-0.2, 0) is 0 Å². The normalized spacial score (nSPS) is 10.6. The van der Waals surface area contributed by atoms with Gasteiger partial charge in [-0.3, -0.25) is 0 Å². The standard InChI is InChI=1S/C14H11FINO/c1-18-14-7-5-12(6-8-14)16(15)13-4-2-3-11(9-13)10-17/h2-9H,1H3. The molecule has 2 rings (SSSR count). The third kappa shape index (κ3) is 2.79. The van der Waals surface area contributed by atoms with Crippen LogP contribution < -0.4 is 4.74 Å². The SMILES string of the molecule is COc1ccc(I(F)c2cccc(C#N)c2)cc1. The summed E-state index contributed by atoms with van der Waals surface area (Å²) in [5, 5.41) is 8.81. The van der Waals surface area contributed by atoms with Gasteiger partial charge in [0.05, 0.1) is 0 Å². The molecule has 0 spiro atoms. The molecule has 0 aliphatic carbocycles. The molecule has 18 heavy (non-hydrogen) atoms. The first kappa shape index (κ1) is 12.8. The van der Waals surface area contributed by atoms with Gasteiger partial charge in [-0.25, -0.2) is 0 Å². The minimum atomic E-state index is -2.89. The second-order valence-electron chi connectivity index (χ2n) is 3.52. The van der Waals surface area contributed by atoms with Crippen LogP contribution >= 0.6 is 20.4 Å². The van der Waals surface area contributed by atoms with Crippen molar-refractivity contribution in [2.24, 2.45) is 0 Å². The van der Waals surface area contributed by atoms with Gasteiger partial charge in [-0.15, -0.1) is 0 Å². The van der Waals surface area contributed by atoms with Gasteiger partial charge in [-0.2, -0.15) is 0 Å². The summed E-state index contributed by atoms with van der Waals surface area (Å²) in [5.41, 5.74) is 0.501. The molecule has 92 valence electrons. The van der Waals surface area contributed by atoms with Gasteiger partial charge < -0.3 is 0 Å².